The van der Waals surface area contributed by atoms with Crippen LogP contribution in [0.1, 0.15) is 17.4 Å². The highest BCUT2D eigenvalue weighted by Gasteiger charge is 2.27. The van der Waals surface area contributed by atoms with E-state index in [-0.39, 0.29) is 11.9 Å². The number of hydrogen-bond donors (Lipinski definition) is 2. The summed E-state index contributed by atoms with van der Waals surface area (Å²) in [5.41, 5.74) is 3.65. The fourth-order valence-corrected chi connectivity index (χ4v) is 2.23. The monoisotopic (exact) mass is 249 g/mol. The van der Waals surface area contributed by atoms with Crippen LogP contribution in [-0.2, 0) is 0 Å². The Labute approximate surface area is 107 Å². The molecule has 0 aliphatic carbocycles. The minimum atomic E-state index is -0.0345. The second kappa shape index (κ2) is 5.32. The number of nitrogen functional groups attached to an aromatic ring is 1. The average molecular weight is 249 g/mol. The van der Waals surface area contributed by atoms with E-state index in [0.717, 1.165) is 19.6 Å². The van der Waals surface area contributed by atoms with Gasteiger partial charge in [-0.25, -0.2) is 0 Å². The number of piperazine rings is 1. The maximum atomic E-state index is 12.4. The zero-order valence-corrected chi connectivity index (χ0v) is 10.8. The lowest BCUT2D eigenvalue weighted by atomic mass is 10.1. The first-order valence-corrected chi connectivity index (χ1v) is 6.04. The van der Waals surface area contributed by atoms with Gasteiger partial charge in [0, 0.05) is 31.9 Å². The molecule has 98 valence electrons. The highest BCUT2D eigenvalue weighted by atomic mass is 16.2. The normalized spacial score (nSPS) is 20.8. The van der Waals surface area contributed by atoms with Crippen molar-refractivity contribution in [2.24, 2.45) is 5.84 Å². The molecule has 0 radical (unpaired) electrons. The molecule has 0 spiro atoms. The van der Waals surface area contributed by atoms with Crippen LogP contribution in [0.25, 0.3) is 0 Å². The van der Waals surface area contributed by atoms with Gasteiger partial charge in [-0.15, -0.1) is 0 Å². The number of hydrazine groups is 1. The van der Waals surface area contributed by atoms with Crippen LogP contribution in [0.4, 0.5) is 5.69 Å². The minimum Gasteiger partial charge on any atom is -0.332 e. The topological polar surface area (TPSA) is 74.5 Å². The third-order valence-corrected chi connectivity index (χ3v) is 3.24. The Morgan fingerprint density at radius 3 is 3.00 bits per heavy atom. The Kier molecular flexibility index (Phi) is 3.78. The van der Waals surface area contributed by atoms with Gasteiger partial charge in [0.05, 0.1) is 5.69 Å². The van der Waals surface area contributed by atoms with Crippen molar-refractivity contribution in [1.82, 2.24) is 14.8 Å². The SMILES string of the molecule is CC1CN(C)CCN1C(=O)c1cc(NN)ccn1. The van der Waals surface area contributed by atoms with Gasteiger partial charge in [0.1, 0.15) is 5.69 Å². The molecule has 1 amide bonds. The van der Waals surface area contributed by atoms with Crippen LogP contribution in [0, 0.1) is 0 Å². The highest BCUT2D eigenvalue weighted by molar-refractivity contribution is 5.93. The highest BCUT2D eigenvalue weighted by Crippen LogP contribution is 2.14. The lowest BCUT2D eigenvalue weighted by Gasteiger charge is -2.38. The second-order valence-electron chi connectivity index (χ2n) is 4.68. The van der Waals surface area contributed by atoms with Gasteiger partial charge < -0.3 is 15.2 Å². The van der Waals surface area contributed by atoms with Crippen molar-refractivity contribution in [1.29, 1.82) is 0 Å². The van der Waals surface area contributed by atoms with E-state index in [9.17, 15) is 4.79 Å². The number of nitrogens with zero attached hydrogens (tertiary/aromatic N) is 3. The lowest BCUT2D eigenvalue weighted by molar-refractivity contribution is 0.0528. The summed E-state index contributed by atoms with van der Waals surface area (Å²) in [4.78, 5) is 20.6. The standard InChI is InChI=1S/C12H19N5O/c1-9-8-16(2)5-6-17(9)12(18)11-7-10(15-13)3-4-14-11/h3-4,7,9H,5-6,8,13H2,1-2H3,(H,14,15). The zero-order chi connectivity index (χ0) is 13.1. The minimum absolute atomic E-state index is 0.0345. The number of rotatable bonds is 2. The van der Waals surface area contributed by atoms with Crippen molar-refractivity contribution in [3.63, 3.8) is 0 Å². The molecule has 1 aromatic rings. The number of aromatic nitrogens is 1. The largest absolute Gasteiger partial charge is 0.332 e. The van der Waals surface area contributed by atoms with Gasteiger partial charge in [-0.1, -0.05) is 0 Å². The molecule has 0 aromatic carbocycles. The number of pyridine rings is 1. The molecule has 3 N–H and O–H groups in total. The van der Waals surface area contributed by atoms with Crippen molar-refractivity contribution in [2.75, 3.05) is 32.1 Å². The second-order valence-corrected chi connectivity index (χ2v) is 4.68. The summed E-state index contributed by atoms with van der Waals surface area (Å²) in [6, 6.07) is 3.60. The molecule has 6 heteroatoms. The zero-order valence-electron chi connectivity index (χ0n) is 10.8. The summed E-state index contributed by atoms with van der Waals surface area (Å²) in [6.45, 7) is 4.57. The quantitative estimate of drug-likeness (QED) is 0.576. The van der Waals surface area contributed by atoms with Gasteiger partial charge in [-0.2, -0.15) is 0 Å². The molecule has 1 aliphatic rings. The van der Waals surface area contributed by atoms with Crippen molar-refractivity contribution in [2.45, 2.75) is 13.0 Å². The Morgan fingerprint density at radius 1 is 1.56 bits per heavy atom. The van der Waals surface area contributed by atoms with Crippen LogP contribution in [-0.4, -0.2) is 53.4 Å². The van der Waals surface area contributed by atoms with Gasteiger partial charge in [0.2, 0.25) is 0 Å². The summed E-state index contributed by atoms with van der Waals surface area (Å²) >= 11 is 0. The van der Waals surface area contributed by atoms with Crippen molar-refractivity contribution < 1.29 is 4.79 Å². The Morgan fingerprint density at radius 2 is 2.33 bits per heavy atom. The maximum absolute atomic E-state index is 12.4. The number of hydrogen-bond acceptors (Lipinski definition) is 5. The number of nitrogens with one attached hydrogen (secondary N) is 1. The summed E-state index contributed by atoms with van der Waals surface area (Å²) in [5.74, 6) is 5.30. The van der Waals surface area contributed by atoms with Gasteiger partial charge in [0.25, 0.3) is 5.91 Å². The molecule has 1 aliphatic heterocycles. The average Bonchev–Trinajstić information content (AvgIpc) is 2.38. The maximum Gasteiger partial charge on any atom is 0.272 e. The fraction of sp³-hybridized carbons (Fsp3) is 0.500. The summed E-state index contributed by atoms with van der Waals surface area (Å²) < 4.78 is 0. The number of nitrogens with two attached hydrogens (primary N) is 1. The summed E-state index contributed by atoms with van der Waals surface area (Å²) in [7, 11) is 2.07. The van der Waals surface area contributed by atoms with Crippen molar-refractivity contribution >= 4 is 11.6 Å². The molecule has 1 atom stereocenters. The molecule has 2 rings (SSSR count). The first-order valence-electron chi connectivity index (χ1n) is 6.04. The van der Waals surface area contributed by atoms with E-state index in [0.29, 0.717) is 11.4 Å². The molecule has 0 bridgehead atoms. The first-order chi connectivity index (χ1) is 8.61. The van der Waals surface area contributed by atoms with E-state index in [4.69, 9.17) is 5.84 Å². The number of anilines is 1. The van der Waals surface area contributed by atoms with E-state index in [2.05, 4.69) is 29.3 Å². The smallest absolute Gasteiger partial charge is 0.272 e. The van der Waals surface area contributed by atoms with Crippen LogP contribution in [0.5, 0.6) is 0 Å². The van der Waals surface area contributed by atoms with Crippen LogP contribution in [0.2, 0.25) is 0 Å². The first kappa shape index (κ1) is 12.8. The number of carbonyl (C=O) groups excluding carboxylic acids is 1. The molecule has 2 heterocycles. The molecular formula is C12H19N5O. The van der Waals surface area contributed by atoms with E-state index in [1.54, 1.807) is 18.3 Å². The summed E-state index contributed by atoms with van der Waals surface area (Å²) in [5, 5.41) is 0. The van der Waals surface area contributed by atoms with E-state index in [1.165, 1.54) is 0 Å². The molecule has 0 saturated carbocycles. The predicted molar refractivity (Wildman–Crippen MR) is 70.0 cm³/mol. The van der Waals surface area contributed by atoms with E-state index >= 15 is 0 Å². The summed E-state index contributed by atoms with van der Waals surface area (Å²) in [6.07, 6.45) is 1.59. The van der Waals surface area contributed by atoms with Crippen molar-refractivity contribution in [3.05, 3.63) is 24.0 Å². The lowest BCUT2D eigenvalue weighted by Crippen LogP contribution is -2.52. The molecule has 1 saturated heterocycles. The Hall–Kier alpha value is -1.66. The van der Waals surface area contributed by atoms with Gasteiger partial charge in [-0.3, -0.25) is 15.6 Å². The number of likely N-dealkylation sites (N-methyl/N-ethyl adjacent to an activating group) is 1. The van der Waals surface area contributed by atoms with Crippen molar-refractivity contribution in [3.8, 4) is 0 Å². The Balaban J connectivity index is 2.15. The number of carbonyl (C=O) groups is 1. The van der Waals surface area contributed by atoms with Gasteiger partial charge in [-0.05, 0) is 26.1 Å². The fourth-order valence-electron chi connectivity index (χ4n) is 2.23. The predicted octanol–water partition coefficient (Wildman–Crippen LogP) is 0.143. The molecule has 1 unspecified atom stereocenters. The van der Waals surface area contributed by atoms with Gasteiger partial charge >= 0.3 is 0 Å². The van der Waals surface area contributed by atoms with Crippen LogP contribution >= 0.6 is 0 Å². The van der Waals surface area contributed by atoms with E-state index < -0.39 is 0 Å². The molecule has 18 heavy (non-hydrogen) atoms. The van der Waals surface area contributed by atoms with Crippen LogP contribution in [0.15, 0.2) is 18.3 Å². The molecular weight excluding hydrogens is 230 g/mol. The van der Waals surface area contributed by atoms with Crippen LogP contribution < -0.4 is 11.3 Å². The Bertz CT molecular complexity index is 436. The third kappa shape index (κ3) is 2.60. The molecule has 1 aromatic heterocycles. The molecule has 6 nitrogen and oxygen atoms in total. The number of amides is 1. The van der Waals surface area contributed by atoms with Crippen LogP contribution in [0.3, 0.4) is 0 Å². The molecule has 1 fully saturated rings. The van der Waals surface area contributed by atoms with E-state index in [1.807, 2.05) is 4.90 Å². The van der Waals surface area contributed by atoms with Gasteiger partial charge in [0.15, 0.2) is 0 Å². The third-order valence-electron chi connectivity index (χ3n) is 3.24.